The molecule has 10 nitrogen and oxygen atoms in total. The van der Waals surface area contributed by atoms with E-state index in [9.17, 15) is 14.4 Å². The number of hydrogen-bond donors (Lipinski definition) is 4. The van der Waals surface area contributed by atoms with Gasteiger partial charge in [-0.3, -0.25) is 14.6 Å². The van der Waals surface area contributed by atoms with Crippen LogP contribution in [0.25, 0.3) is 0 Å². The number of aliphatic imine (C=N–C) groups is 1. The molecule has 11 heteroatoms. The predicted octanol–water partition coefficient (Wildman–Crippen LogP) is 1.07. The number of nitrogens with one attached hydrogen (secondary N) is 4. The van der Waals surface area contributed by atoms with Crippen LogP contribution < -0.4 is 21.3 Å². The fraction of sp³-hybridized carbons (Fsp3) is 0.524. The van der Waals surface area contributed by atoms with Gasteiger partial charge < -0.3 is 30.9 Å². The maximum Gasteiger partial charge on any atom is 0.407 e. The fourth-order valence-electron chi connectivity index (χ4n) is 2.83. The molecule has 4 N–H and O–H groups in total. The van der Waals surface area contributed by atoms with Gasteiger partial charge in [0.25, 0.3) is 5.91 Å². The van der Waals surface area contributed by atoms with Crippen molar-refractivity contribution in [2.45, 2.75) is 32.9 Å². The number of rotatable bonds is 6. The summed E-state index contributed by atoms with van der Waals surface area (Å²) in [5.74, 6) is 0.301. The molecule has 1 aromatic carbocycles. The Morgan fingerprint density at radius 2 is 1.78 bits per heavy atom. The number of carbonyl (C=O) groups excluding carboxylic acids is 3. The molecule has 3 amide bonds. The first-order valence-electron chi connectivity index (χ1n) is 10.2. The highest BCUT2D eigenvalue weighted by molar-refractivity contribution is 14.0. The van der Waals surface area contributed by atoms with Crippen LogP contribution in [-0.4, -0.2) is 74.1 Å². The van der Waals surface area contributed by atoms with E-state index in [1.165, 1.54) is 0 Å². The zero-order valence-electron chi connectivity index (χ0n) is 19.0. The van der Waals surface area contributed by atoms with Crippen LogP contribution in [0.15, 0.2) is 29.3 Å². The molecule has 0 unspecified atom stereocenters. The van der Waals surface area contributed by atoms with Crippen LogP contribution in [0.3, 0.4) is 0 Å². The van der Waals surface area contributed by atoms with Crippen molar-refractivity contribution in [1.29, 1.82) is 0 Å². The second-order valence-corrected chi connectivity index (χ2v) is 8.05. The minimum absolute atomic E-state index is 0. The molecule has 1 heterocycles. The number of hydrogen-bond acceptors (Lipinski definition) is 5. The molecular formula is C21H33IN6O4. The van der Waals surface area contributed by atoms with Gasteiger partial charge in [0.2, 0.25) is 5.91 Å². The number of amides is 3. The zero-order valence-corrected chi connectivity index (χ0v) is 21.3. The summed E-state index contributed by atoms with van der Waals surface area (Å²) >= 11 is 0. The van der Waals surface area contributed by atoms with Gasteiger partial charge in [-0.15, -0.1) is 24.0 Å². The quantitative estimate of drug-likeness (QED) is 0.179. The van der Waals surface area contributed by atoms with Crippen molar-refractivity contribution in [3.05, 3.63) is 35.4 Å². The lowest BCUT2D eigenvalue weighted by Gasteiger charge is -2.26. The normalized spacial score (nSPS) is 14.1. The van der Waals surface area contributed by atoms with Crippen LogP contribution in [0.5, 0.6) is 0 Å². The lowest BCUT2D eigenvalue weighted by molar-refractivity contribution is -0.123. The minimum Gasteiger partial charge on any atom is -0.444 e. The molecule has 1 fully saturated rings. The molecule has 1 aromatic rings. The van der Waals surface area contributed by atoms with Crippen LogP contribution in [-0.2, 0) is 16.1 Å². The molecule has 0 aliphatic carbocycles. The van der Waals surface area contributed by atoms with Gasteiger partial charge in [0, 0.05) is 45.3 Å². The monoisotopic (exact) mass is 560 g/mol. The molecule has 0 atom stereocenters. The van der Waals surface area contributed by atoms with Gasteiger partial charge in [-0.1, -0.05) is 12.1 Å². The van der Waals surface area contributed by atoms with E-state index in [1.54, 1.807) is 24.1 Å². The van der Waals surface area contributed by atoms with E-state index in [2.05, 4.69) is 26.3 Å². The van der Waals surface area contributed by atoms with E-state index in [-0.39, 0.29) is 42.3 Å². The van der Waals surface area contributed by atoms with Gasteiger partial charge in [0.05, 0.1) is 6.54 Å². The molecule has 2 rings (SSSR count). The molecule has 0 saturated carbocycles. The Hall–Kier alpha value is -2.57. The summed E-state index contributed by atoms with van der Waals surface area (Å²) in [5, 5.41) is 11.7. The molecule has 32 heavy (non-hydrogen) atoms. The lowest BCUT2D eigenvalue weighted by atomic mass is 10.1. The topological polar surface area (TPSA) is 124 Å². The molecule has 0 aromatic heterocycles. The summed E-state index contributed by atoms with van der Waals surface area (Å²) in [7, 11) is 1.66. The first kappa shape index (κ1) is 27.5. The smallest absolute Gasteiger partial charge is 0.407 e. The number of alkyl carbamates (subject to hydrolysis) is 1. The molecule has 1 saturated heterocycles. The van der Waals surface area contributed by atoms with Crippen molar-refractivity contribution in [2.75, 3.05) is 39.8 Å². The van der Waals surface area contributed by atoms with Crippen molar-refractivity contribution in [1.82, 2.24) is 26.2 Å². The summed E-state index contributed by atoms with van der Waals surface area (Å²) in [6, 6.07) is 7.24. The van der Waals surface area contributed by atoms with Crippen LogP contribution in [0, 0.1) is 0 Å². The largest absolute Gasteiger partial charge is 0.444 e. The third kappa shape index (κ3) is 9.71. The number of benzene rings is 1. The molecule has 0 radical (unpaired) electrons. The van der Waals surface area contributed by atoms with Gasteiger partial charge in [0.1, 0.15) is 5.60 Å². The van der Waals surface area contributed by atoms with Crippen LogP contribution in [0.1, 0.15) is 36.7 Å². The number of halogens is 1. The Balaban J connectivity index is 0.00000512. The third-order valence-electron chi connectivity index (χ3n) is 4.30. The third-order valence-corrected chi connectivity index (χ3v) is 4.30. The standard InChI is InChI=1S/C21H32N6O4.HI/c1-21(2,3)31-20(30)25-10-9-24-19(22-4)26-13-15-5-7-16(8-6-15)18(29)27-12-11-23-17(28)14-27;/h5-8H,9-14H2,1-4H3,(H,23,28)(H,25,30)(H2,22,24,26);1H. The summed E-state index contributed by atoms with van der Waals surface area (Å²) in [4.78, 5) is 41.3. The van der Waals surface area contributed by atoms with Gasteiger partial charge in [0.15, 0.2) is 5.96 Å². The van der Waals surface area contributed by atoms with E-state index < -0.39 is 11.7 Å². The van der Waals surface area contributed by atoms with Crippen LogP contribution in [0.2, 0.25) is 0 Å². The van der Waals surface area contributed by atoms with Crippen LogP contribution in [0.4, 0.5) is 4.79 Å². The highest BCUT2D eigenvalue weighted by atomic mass is 127. The molecule has 1 aliphatic rings. The average molecular weight is 560 g/mol. The maximum atomic E-state index is 12.5. The van der Waals surface area contributed by atoms with Gasteiger partial charge >= 0.3 is 6.09 Å². The Bertz CT molecular complexity index is 808. The Kier molecular flexibility index (Phi) is 11.2. The SMILES string of the molecule is CN=C(NCCNC(=O)OC(C)(C)C)NCc1ccc(C(=O)N2CCNC(=O)C2)cc1.I. The molecule has 0 bridgehead atoms. The number of piperazine rings is 1. The fourth-order valence-corrected chi connectivity index (χ4v) is 2.83. The lowest BCUT2D eigenvalue weighted by Crippen LogP contribution is -2.49. The van der Waals surface area contributed by atoms with Crippen molar-refractivity contribution >= 4 is 47.8 Å². The Labute approximate surface area is 205 Å². The van der Waals surface area contributed by atoms with Gasteiger partial charge in [-0.05, 0) is 38.5 Å². The first-order valence-corrected chi connectivity index (χ1v) is 10.2. The molecule has 1 aliphatic heterocycles. The summed E-state index contributed by atoms with van der Waals surface area (Å²) in [6.07, 6.45) is -0.461. The predicted molar refractivity (Wildman–Crippen MR) is 133 cm³/mol. The average Bonchev–Trinajstić information content (AvgIpc) is 2.72. The molecule has 0 spiro atoms. The van der Waals surface area contributed by atoms with Crippen molar-refractivity contribution < 1.29 is 19.1 Å². The minimum atomic E-state index is -0.530. The number of guanidine groups is 1. The molecule has 178 valence electrons. The second-order valence-electron chi connectivity index (χ2n) is 8.05. The summed E-state index contributed by atoms with van der Waals surface area (Å²) in [6.45, 7) is 7.90. The van der Waals surface area contributed by atoms with Gasteiger partial charge in [-0.25, -0.2) is 4.79 Å². The molecular weight excluding hydrogens is 527 g/mol. The van der Waals surface area contributed by atoms with E-state index >= 15 is 0 Å². The van der Waals surface area contributed by atoms with Crippen molar-refractivity contribution in [3.8, 4) is 0 Å². The number of nitrogens with zero attached hydrogens (tertiary/aromatic N) is 2. The van der Waals surface area contributed by atoms with Crippen molar-refractivity contribution in [3.63, 3.8) is 0 Å². The first-order chi connectivity index (χ1) is 14.7. The number of ether oxygens (including phenoxy) is 1. The highest BCUT2D eigenvalue weighted by Gasteiger charge is 2.22. The summed E-state index contributed by atoms with van der Waals surface area (Å²) < 4.78 is 5.18. The number of carbonyl (C=O) groups is 3. The highest BCUT2D eigenvalue weighted by Crippen LogP contribution is 2.09. The zero-order chi connectivity index (χ0) is 22.9. The van der Waals surface area contributed by atoms with Crippen LogP contribution >= 0.6 is 24.0 Å². The van der Waals surface area contributed by atoms with E-state index in [0.29, 0.717) is 44.2 Å². The van der Waals surface area contributed by atoms with E-state index in [0.717, 1.165) is 5.56 Å². The van der Waals surface area contributed by atoms with E-state index in [1.807, 2.05) is 32.9 Å². The summed E-state index contributed by atoms with van der Waals surface area (Å²) in [5.41, 5.74) is 0.995. The maximum absolute atomic E-state index is 12.5. The Morgan fingerprint density at radius 3 is 2.38 bits per heavy atom. The van der Waals surface area contributed by atoms with E-state index in [4.69, 9.17) is 4.74 Å². The Morgan fingerprint density at radius 1 is 1.12 bits per heavy atom. The van der Waals surface area contributed by atoms with Crippen molar-refractivity contribution in [2.24, 2.45) is 4.99 Å². The second kappa shape index (κ2) is 13.1. The van der Waals surface area contributed by atoms with Gasteiger partial charge in [-0.2, -0.15) is 0 Å².